The van der Waals surface area contributed by atoms with Gasteiger partial charge in [0.05, 0.1) is 31.5 Å². The third-order valence-electron chi connectivity index (χ3n) is 6.64. The van der Waals surface area contributed by atoms with Gasteiger partial charge in [-0.05, 0) is 50.6 Å². The van der Waals surface area contributed by atoms with Crippen LogP contribution in [0, 0.1) is 0 Å². The molecule has 4 heterocycles. The van der Waals surface area contributed by atoms with Gasteiger partial charge in [-0.3, -0.25) is 0 Å². The zero-order chi connectivity index (χ0) is 27.6. The molecule has 0 saturated carbocycles. The summed E-state index contributed by atoms with van der Waals surface area (Å²) in [7, 11) is 0. The number of fused-ring (bicyclic) bond motifs is 1. The van der Waals surface area contributed by atoms with Gasteiger partial charge in [0.25, 0.3) is 0 Å². The summed E-state index contributed by atoms with van der Waals surface area (Å²) < 4.78 is 45.4. The monoisotopic (exact) mass is 542 g/mol. The number of nitrogens with one attached hydrogen (secondary N) is 2. The standard InChI is InChI=1S/C26H29F3N8O2/c1-3-30-25(38)32-18-6-4-17(5-7-18)22-33-20-14-36(21-8-10-31-24(34-21)26(27,28)29)11-9-19(20)23(35-22)37-12-13-39-15-16(37)2/h4-8,10,16H,3,9,11-15H2,1-2H3,(H2,30,32,38). The van der Waals surface area contributed by atoms with Gasteiger partial charge in [0.2, 0.25) is 5.82 Å². The summed E-state index contributed by atoms with van der Waals surface area (Å²) in [6.45, 7) is 6.99. The molecule has 3 aromatic rings. The molecular weight excluding hydrogens is 513 g/mol. The number of rotatable bonds is 5. The first-order valence-electron chi connectivity index (χ1n) is 12.8. The zero-order valence-electron chi connectivity index (χ0n) is 21.6. The number of ether oxygens (including phenoxy) is 1. The van der Waals surface area contributed by atoms with Crippen LogP contribution in [0.25, 0.3) is 11.4 Å². The van der Waals surface area contributed by atoms with Crippen LogP contribution in [0.4, 0.5) is 35.3 Å². The highest BCUT2D eigenvalue weighted by atomic mass is 19.4. The molecule has 2 aromatic heterocycles. The lowest BCUT2D eigenvalue weighted by molar-refractivity contribution is -0.144. The van der Waals surface area contributed by atoms with Gasteiger partial charge >= 0.3 is 12.2 Å². The first kappa shape index (κ1) is 26.6. The molecular formula is C26H29F3N8O2. The topological polar surface area (TPSA) is 108 Å². The predicted octanol–water partition coefficient (Wildman–Crippen LogP) is 3.88. The van der Waals surface area contributed by atoms with Crippen molar-refractivity contribution in [2.75, 3.05) is 48.0 Å². The molecule has 39 heavy (non-hydrogen) atoms. The van der Waals surface area contributed by atoms with Crippen LogP contribution >= 0.6 is 0 Å². The second-order valence-corrected chi connectivity index (χ2v) is 9.38. The second kappa shape index (κ2) is 11.0. The minimum absolute atomic E-state index is 0.100. The summed E-state index contributed by atoms with van der Waals surface area (Å²) in [6.07, 6.45) is -2.95. The molecule has 206 valence electrons. The number of hydrogen-bond acceptors (Lipinski definition) is 8. The van der Waals surface area contributed by atoms with E-state index in [1.807, 2.05) is 19.1 Å². The Morgan fingerprint density at radius 1 is 1.13 bits per heavy atom. The second-order valence-electron chi connectivity index (χ2n) is 9.38. The maximum atomic E-state index is 13.2. The van der Waals surface area contributed by atoms with Crippen LogP contribution in [0.5, 0.6) is 0 Å². The number of benzene rings is 1. The van der Waals surface area contributed by atoms with E-state index in [9.17, 15) is 18.0 Å². The number of morpholine rings is 1. The molecule has 2 amide bonds. The minimum atomic E-state index is -4.63. The Kier molecular flexibility index (Phi) is 7.51. The van der Waals surface area contributed by atoms with Gasteiger partial charge in [-0.1, -0.05) is 0 Å². The van der Waals surface area contributed by atoms with Crippen molar-refractivity contribution in [1.29, 1.82) is 0 Å². The fourth-order valence-corrected chi connectivity index (χ4v) is 4.72. The Balaban J connectivity index is 1.50. The molecule has 1 aromatic carbocycles. The number of urea groups is 1. The molecule has 1 unspecified atom stereocenters. The highest BCUT2D eigenvalue weighted by molar-refractivity contribution is 5.89. The third kappa shape index (κ3) is 5.87. The average molecular weight is 543 g/mol. The molecule has 10 nitrogen and oxygen atoms in total. The van der Waals surface area contributed by atoms with Crippen molar-refractivity contribution in [2.45, 2.75) is 39.0 Å². The molecule has 2 aliphatic heterocycles. The Bertz CT molecular complexity index is 1340. The van der Waals surface area contributed by atoms with Crippen molar-refractivity contribution >= 4 is 23.4 Å². The van der Waals surface area contributed by atoms with Gasteiger partial charge < -0.3 is 25.2 Å². The Morgan fingerprint density at radius 3 is 2.64 bits per heavy atom. The lowest BCUT2D eigenvalue weighted by Crippen LogP contribution is -2.45. The Hall–Kier alpha value is -4.00. The zero-order valence-corrected chi connectivity index (χ0v) is 21.6. The van der Waals surface area contributed by atoms with E-state index >= 15 is 0 Å². The van der Waals surface area contributed by atoms with Crippen LogP contribution in [0.2, 0.25) is 0 Å². The molecule has 1 fully saturated rings. The molecule has 0 bridgehead atoms. The number of hydrogen-bond donors (Lipinski definition) is 2. The van der Waals surface area contributed by atoms with E-state index in [1.165, 1.54) is 6.07 Å². The maximum Gasteiger partial charge on any atom is 0.451 e. The van der Waals surface area contributed by atoms with Crippen molar-refractivity contribution < 1.29 is 22.7 Å². The van der Waals surface area contributed by atoms with Crippen molar-refractivity contribution in [2.24, 2.45) is 0 Å². The van der Waals surface area contributed by atoms with Crippen LogP contribution < -0.4 is 20.4 Å². The summed E-state index contributed by atoms with van der Waals surface area (Å²) in [5.41, 5.74) is 3.08. The molecule has 0 radical (unpaired) electrons. The lowest BCUT2D eigenvalue weighted by Gasteiger charge is -2.38. The van der Waals surface area contributed by atoms with Gasteiger partial charge in [-0.2, -0.15) is 13.2 Å². The van der Waals surface area contributed by atoms with Crippen LogP contribution in [0.1, 0.15) is 30.9 Å². The van der Waals surface area contributed by atoms with E-state index in [0.29, 0.717) is 50.8 Å². The van der Waals surface area contributed by atoms with Gasteiger partial charge in [-0.15, -0.1) is 0 Å². The van der Waals surface area contributed by atoms with Crippen LogP contribution in [0.3, 0.4) is 0 Å². The number of anilines is 3. The maximum absolute atomic E-state index is 13.2. The van der Waals surface area contributed by atoms with Crippen LogP contribution in [-0.4, -0.2) is 64.9 Å². The molecule has 0 aliphatic carbocycles. The Morgan fingerprint density at radius 2 is 1.92 bits per heavy atom. The van der Waals surface area contributed by atoms with E-state index < -0.39 is 12.0 Å². The quantitative estimate of drug-likeness (QED) is 0.500. The highest BCUT2D eigenvalue weighted by Crippen LogP contribution is 2.34. The van der Waals surface area contributed by atoms with E-state index in [2.05, 4.69) is 32.4 Å². The van der Waals surface area contributed by atoms with Crippen molar-refractivity contribution in [3.8, 4) is 11.4 Å². The third-order valence-corrected chi connectivity index (χ3v) is 6.64. The van der Waals surface area contributed by atoms with Crippen molar-refractivity contribution in [3.05, 3.63) is 53.6 Å². The molecule has 13 heteroatoms. The number of aromatic nitrogens is 4. The number of halogens is 3. The van der Waals surface area contributed by atoms with Gasteiger partial charge in [-0.25, -0.2) is 24.7 Å². The van der Waals surface area contributed by atoms with Crippen LogP contribution in [0.15, 0.2) is 36.5 Å². The normalized spacial score (nSPS) is 17.5. The lowest BCUT2D eigenvalue weighted by atomic mass is 10.0. The van der Waals surface area contributed by atoms with Gasteiger partial charge in [0, 0.05) is 42.6 Å². The van der Waals surface area contributed by atoms with E-state index in [1.54, 1.807) is 17.0 Å². The van der Waals surface area contributed by atoms with Gasteiger partial charge in [0.15, 0.2) is 5.82 Å². The average Bonchev–Trinajstić information content (AvgIpc) is 2.92. The van der Waals surface area contributed by atoms with Gasteiger partial charge in [0.1, 0.15) is 11.6 Å². The molecule has 1 saturated heterocycles. The summed E-state index contributed by atoms with van der Waals surface area (Å²) in [6, 6.07) is 8.49. The molecule has 2 N–H and O–H groups in total. The number of alkyl halides is 3. The van der Waals surface area contributed by atoms with E-state index in [4.69, 9.17) is 14.7 Å². The summed E-state index contributed by atoms with van der Waals surface area (Å²) in [5, 5.41) is 5.45. The molecule has 2 aliphatic rings. The molecule has 5 rings (SSSR count). The van der Waals surface area contributed by atoms with E-state index in [-0.39, 0.29) is 24.4 Å². The number of amides is 2. The fraction of sp³-hybridized carbons (Fsp3) is 0.423. The van der Waals surface area contributed by atoms with Crippen molar-refractivity contribution in [3.63, 3.8) is 0 Å². The smallest absolute Gasteiger partial charge is 0.377 e. The summed E-state index contributed by atoms with van der Waals surface area (Å²) in [5.74, 6) is 0.338. The highest BCUT2D eigenvalue weighted by Gasteiger charge is 2.36. The summed E-state index contributed by atoms with van der Waals surface area (Å²) in [4.78, 5) is 32.8. The fourth-order valence-electron chi connectivity index (χ4n) is 4.72. The largest absolute Gasteiger partial charge is 0.451 e. The van der Waals surface area contributed by atoms with Crippen molar-refractivity contribution in [1.82, 2.24) is 25.3 Å². The van der Waals surface area contributed by atoms with E-state index in [0.717, 1.165) is 28.8 Å². The SMILES string of the molecule is CCNC(=O)Nc1ccc(-c2nc3c(c(N4CCOCC4C)n2)CCN(c2ccnc(C(F)(F)F)n2)C3)cc1. The number of carbonyl (C=O) groups is 1. The summed E-state index contributed by atoms with van der Waals surface area (Å²) >= 11 is 0. The number of nitrogens with zero attached hydrogens (tertiary/aromatic N) is 6. The predicted molar refractivity (Wildman–Crippen MR) is 140 cm³/mol. The first-order valence-corrected chi connectivity index (χ1v) is 12.8. The Labute approximate surface area is 223 Å². The van der Waals surface area contributed by atoms with Crippen LogP contribution in [-0.2, 0) is 23.9 Å². The first-order chi connectivity index (χ1) is 18.7. The minimum Gasteiger partial charge on any atom is -0.377 e. The molecule has 0 spiro atoms. The molecule has 1 atom stereocenters. The number of carbonyl (C=O) groups excluding carboxylic acids is 1.